The maximum Gasteiger partial charge on any atom is 0.295 e. The van der Waals surface area contributed by atoms with Crippen LogP contribution in [0.15, 0.2) is 12.1 Å². The van der Waals surface area contributed by atoms with E-state index >= 15 is 0 Å². The fourth-order valence-electron chi connectivity index (χ4n) is 1.26. The van der Waals surface area contributed by atoms with Crippen molar-refractivity contribution in [3.63, 3.8) is 0 Å². The molecule has 0 saturated heterocycles. The zero-order valence-electron chi connectivity index (χ0n) is 9.57. The van der Waals surface area contributed by atoms with Crippen LogP contribution in [0.3, 0.4) is 0 Å². The molecule has 1 aromatic rings. The van der Waals surface area contributed by atoms with Crippen LogP contribution >= 0.6 is 0 Å². The third-order valence-electron chi connectivity index (χ3n) is 2.08. The molecular weight excluding hydrogens is 229 g/mol. The minimum absolute atomic E-state index is 0.0530. The summed E-state index contributed by atoms with van der Waals surface area (Å²) in [6.07, 6.45) is 0. The number of hydrogen-bond donors (Lipinski definition) is 2. The van der Waals surface area contributed by atoms with Crippen LogP contribution in [0.4, 0.5) is 15.8 Å². The first-order valence-corrected chi connectivity index (χ1v) is 4.97. The molecule has 17 heavy (non-hydrogen) atoms. The number of nitro benzene ring substituents is 1. The number of ether oxygens (including phenoxy) is 1. The summed E-state index contributed by atoms with van der Waals surface area (Å²) in [5.74, 6) is -0.826. The number of benzene rings is 1. The quantitative estimate of drug-likeness (QED) is 0.604. The Hall–Kier alpha value is -1.89. The topological polar surface area (TPSA) is 90.4 Å². The van der Waals surface area contributed by atoms with Gasteiger partial charge in [-0.3, -0.25) is 10.1 Å². The molecule has 1 atom stereocenters. The van der Waals surface area contributed by atoms with Gasteiger partial charge in [-0.1, -0.05) is 0 Å². The summed E-state index contributed by atoms with van der Waals surface area (Å²) in [6, 6.07) is 1.89. The van der Waals surface area contributed by atoms with E-state index in [0.717, 1.165) is 6.07 Å². The van der Waals surface area contributed by atoms with Crippen LogP contribution in [0.1, 0.15) is 6.92 Å². The van der Waals surface area contributed by atoms with Crippen molar-refractivity contribution in [2.75, 3.05) is 19.0 Å². The molecule has 7 heteroatoms. The molecule has 0 fully saturated rings. The van der Waals surface area contributed by atoms with Crippen LogP contribution in [0, 0.1) is 15.9 Å². The van der Waals surface area contributed by atoms with Crippen LogP contribution < -0.4 is 15.8 Å². The Balaban J connectivity index is 3.10. The Morgan fingerprint density at radius 3 is 2.76 bits per heavy atom. The summed E-state index contributed by atoms with van der Waals surface area (Å²) in [4.78, 5) is 10.1. The largest absolute Gasteiger partial charge is 0.494 e. The Labute approximate surface area is 97.7 Å². The molecule has 0 radical (unpaired) electrons. The van der Waals surface area contributed by atoms with Crippen molar-refractivity contribution in [3.8, 4) is 5.75 Å². The molecule has 1 rings (SSSR count). The van der Waals surface area contributed by atoms with E-state index in [1.54, 1.807) is 6.92 Å². The van der Waals surface area contributed by atoms with Crippen LogP contribution in [0.2, 0.25) is 0 Å². The molecule has 0 amide bonds. The van der Waals surface area contributed by atoms with Gasteiger partial charge in [0.25, 0.3) is 5.69 Å². The zero-order valence-corrected chi connectivity index (χ0v) is 9.57. The number of rotatable bonds is 5. The maximum atomic E-state index is 13.3. The Morgan fingerprint density at radius 1 is 1.65 bits per heavy atom. The summed E-state index contributed by atoms with van der Waals surface area (Å²) in [5, 5.41) is 13.5. The highest BCUT2D eigenvalue weighted by Crippen LogP contribution is 2.31. The molecule has 6 nitrogen and oxygen atoms in total. The lowest BCUT2D eigenvalue weighted by Gasteiger charge is -2.11. The molecule has 0 aliphatic carbocycles. The lowest BCUT2D eigenvalue weighted by molar-refractivity contribution is -0.384. The average Bonchev–Trinajstić information content (AvgIpc) is 2.26. The van der Waals surface area contributed by atoms with Gasteiger partial charge in [-0.15, -0.1) is 0 Å². The summed E-state index contributed by atoms with van der Waals surface area (Å²) < 4.78 is 18.1. The normalized spacial score (nSPS) is 12.0. The number of anilines is 1. The molecule has 0 aliphatic heterocycles. The number of hydrogen-bond acceptors (Lipinski definition) is 5. The van der Waals surface area contributed by atoms with Gasteiger partial charge in [0.05, 0.1) is 18.1 Å². The fourth-order valence-corrected chi connectivity index (χ4v) is 1.26. The third kappa shape index (κ3) is 3.28. The molecule has 0 aromatic heterocycles. The van der Waals surface area contributed by atoms with E-state index in [-0.39, 0.29) is 23.2 Å². The van der Waals surface area contributed by atoms with Crippen molar-refractivity contribution in [2.45, 2.75) is 13.0 Å². The first-order chi connectivity index (χ1) is 7.95. The second-order valence-electron chi connectivity index (χ2n) is 3.62. The van der Waals surface area contributed by atoms with Gasteiger partial charge in [0.1, 0.15) is 5.69 Å². The number of nitrogens with two attached hydrogens (primary N) is 1. The van der Waals surface area contributed by atoms with E-state index in [0.29, 0.717) is 6.54 Å². The number of methoxy groups -OCH3 is 1. The van der Waals surface area contributed by atoms with Gasteiger partial charge in [0, 0.05) is 18.7 Å². The van der Waals surface area contributed by atoms with Crippen LogP contribution in [0.5, 0.6) is 5.75 Å². The molecule has 0 saturated carbocycles. The highest BCUT2D eigenvalue weighted by molar-refractivity contribution is 5.64. The van der Waals surface area contributed by atoms with Crippen molar-refractivity contribution >= 4 is 11.4 Å². The molecular formula is C10H14FN3O3. The van der Waals surface area contributed by atoms with Crippen molar-refractivity contribution in [3.05, 3.63) is 28.1 Å². The number of nitro groups is 1. The van der Waals surface area contributed by atoms with E-state index in [9.17, 15) is 14.5 Å². The number of halogens is 1. The summed E-state index contributed by atoms with van der Waals surface area (Å²) in [5.41, 5.74) is 5.37. The Morgan fingerprint density at radius 2 is 2.29 bits per heavy atom. The number of nitrogens with zero attached hydrogens (tertiary/aromatic N) is 1. The minimum Gasteiger partial charge on any atom is -0.494 e. The van der Waals surface area contributed by atoms with Gasteiger partial charge in [-0.2, -0.15) is 0 Å². The lowest BCUT2D eigenvalue weighted by atomic mass is 10.2. The Bertz CT molecular complexity index is 424. The Kier molecular flexibility index (Phi) is 4.22. The predicted molar refractivity (Wildman–Crippen MR) is 61.7 cm³/mol. The molecule has 3 N–H and O–H groups in total. The average molecular weight is 243 g/mol. The monoisotopic (exact) mass is 243 g/mol. The SMILES string of the molecule is COc1cc(NCC(C)N)c([N+](=O)[O-])cc1F. The highest BCUT2D eigenvalue weighted by Gasteiger charge is 2.18. The number of nitrogens with one attached hydrogen (secondary N) is 1. The molecule has 1 unspecified atom stereocenters. The third-order valence-corrected chi connectivity index (χ3v) is 2.08. The first-order valence-electron chi connectivity index (χ1n) is 4.97. The van der Waals surface area contributed by atoms with Crippen LogP contribution in [0.25, 0.3) is 0 Å². The summed E-state index contributed by atoms with van der Waals surface area (Å²) in [7, 11) is 1.29. The van der Waals surface area contributed by atoms with E-state index in [2.05, 4.69) is 5.32 Å². The molecule has 0 spiro atoms. The zero-order chi connectivity index (χ0) is 13.0. The second-order valence-corrected chi connectivity index (χ2v) is 3.62. The van der Waals surface area contributed by atoms with Crippen molar-refractivity contribution < 1.29 is 14.1 Å². The van der Waals surface area contributed by atoms with Crippen LogP contribution in [-0.2, 0) is 0 Å². The maximum absolute atomic E-state index is 13.3. The molecule has 0 heterocycles. The predicted octanol–water partition coefficient (Wildman–Crippen LogP) is 1.50. The smallest absolute Gasteiger partial charge is 0.295 e. The van der Waals surface area contributed by atoms with Crippen molar-refractivity contribution in [2.24, 2.45) is 5.73 Å². The van der Waals surface area contributed by atoms with Crippen molar-refractivity contribution in [1.29, 1.82) is 0 Å². The highest BCUT2D eigenvalue weighted by atomic mass is 19.1. The molecule has 94 valence electrons. The van der Waals surface area contributed by atoms with Gasteiger partial charge < -0.3 is 15.8 Å². The molecule has 0 bridgehead atoms. The van der Waals surface area contributed by atoms with Gasteiger partial charge >= 0.3 is 0 Å². The lowest BCUT2D eigenvalue weighted by Crippen LogP contribution is -2.25. The second kappa shape index (κ2) is 5.44. The van der Waals surface area contributed by atoms with Gasteiger partial charge in [0.2, 0.25) is 0 Å². The fraction of sp³-hybridized carbons (Fsp3) is 0.400. The summed E-state index contributed by atoms with van der Waals surface area (Å²) in [6.45, 7) is 2.09. The van der Waals surface area contributed by atoms with Crippen molar-refractivity contribution in [1.82, 2.24) is 0 Å². The summed E-state index contributed by atoms with van der Waals surface area (Å²) >= 11 is 0. The molecule has 0 aliphatic rings. The molecule has 1 aromatic carbocycles. The van der Waals surface area contributed by atoms with Gasteiger partial charge in [0.15, 0.2) is 11.6 Å². The van der Waals surface area contributed by atoms with Gasteiger partial charge in [-0.25, -0.2) is 4.39 Å². The van der Waals surface area contributed by atoms with E-state index in [1.165, 1.54) is 13.2 Å². The van der Waals surface area contributed by atoms with E-state index < -0.39 is 10.7 Å². The standard InChI is InChI=1S/C10H14FN3O3/c1-6(12)5-13-8-4-10(17-2)7(11)3-9(8)14(15)16/h3-4,6,13H,5,12H2,1-2H3. The van der Waals surface area contributed by atoms with Crippen LogP contribution in [-0.4, -0.2) is 24.6 Å². The van der Waals surface area contributed by atoms with E-state index in [4.69, 9.17) is 10.5 Å². The first kappa shape index (κ1) is 13.2. The van der Waals surface area contributed by atoms with Gasteiger partial charge in [-0.05, 0) is 6.92 Å². The minimum atomic E-state index is -0.773. The van der Waals surface area contributed by atoms with E-state index in [1.807, 2.05) is 0 Å².